The van der Waals surface area contributed by atoms with Crippen LogP contribution in [0.15, 0.2) is 0 Å². The smallest absolute Gasteiger partial charge is 0.164 e. The van der Waals surface area contributed by atoms with E-state index in [1.54, 1.807) is 0 Å². The molecule has 0 N–H and O–H groups in total. The van der Waals surface area contributed by atoms with Gasteiger partial charge in [0, 0.05) is 19.4 Å². The second-order valence-electron chi connectivity index (χ2n) is 5.09. The standard InChI is InChI=1S/C15H24O2/c1-4-6-7-8-14(16)15(17-5-2)11-9-13(3)10-12-15/h1,13H,5-12H2,2-3H3. The number of Topliss-reactive ketones (excluding diaryl/α,β-unsaturated/α-hetero) is 1. The fourth-order valence-electron chi connectivity index (χ4n) is 2.59. The van der Waals surface area contributed by atoms with Crippen molar-refractivity contribution in [2.24, 2.45) is 5.92 Å². The summed E-state index contributed by atoms with van der Waals surface area (Å²) in [5.41, 5.74) is -0.490. The molecule has 1 aliphatic rings. The molecule has 0 atom stereocenters. The average molecular weight is 236 g/mol. The SMILES string of the molecule is C#CCCCC(=O)C1(OCC)CCC(C)CC1. The molecule has 0 radical (unpaired) electrons. The van der Waals surface area contributed by atoms with Crippen molar-refractivity contribution < 1.29 is 9.53 Å². The van der Waals surface area contributed by atoms with Gasteiger partial charge in [-0.25, -0.2) is 0 Å². The summed E-state index contributed by atoms with van der Waals surface area (Å²) in [6.45, 7) is 4.84. The summed E-state index contributed by atoms with van der Waals surface area (Å²) < 4.78 is 5.81. The van der Waals surface area contributed by atoms with Gasteiger partial charge in [-0.15, -0.1) is 12.3 Å². The van der Waals surface area contributed by atoms with E-state index >= 15 is 0 Å². The Morgan fingerprint density at radius 2 is 2.12 bits per heavy atom. The van der Waals surface area contributed by atoms with E-state index in [4.69, 9.17) is 11.2 Å². The van der Waals surface area contributed by atoms with Crippen molar-refractivity contribution in [3.8, 4) is 12.3 Å². The van der Waals surface area contributed by atoms with E-state index in [1.165, 1.54) is 0 Å². The second-order valence-corrected chi connectivity index (χ2v) is 5.09. The zero-order valence-corrected chi connectivity index (χ0v) is 11.1. The summed E-state index contributed by atoms with van der Waals surface area (Å²) in [7, 11) is 0. The van der Waals surface area contributed by atoms with Crippen molar-refractivity contribution in [3.63, 3.8) is 0 Å². The van der Waals surface area contributed by atoms with Crippen LogP contribution in [-0.4, -0.2) is 18.0 Å². The maximum Gasteiger partial charge on any atom is 0.164 e. The van der Waals surface area contributed by atoms with E-state index in [0.29, 0.717) is 19.4 Å². The number of ketones is 1. The van der Waals surface area contributed by atoms with Crippen molar-refractivity contribution in [1.29, 1.82) is 0 Å². The lowest BCUT2D eigenvalue weighted by Crippen LogP contribution is -2.44. The van der Waals surface area contributed by atoms with E-state index < -0.39 is 5.60 Å². The Labute approximate surface area is 105 Å². The maximum absolute atomic E-state index is 12.3. The van der Waals surface area contributed by atoms with Gasteiger partial charge in [-0.1, -0.05) is 6.92 Å². The Hall–Kier alpha value is -0.810. The summed E-state index contributed by atoms with van der Waals surface area (Å²) in [6.07, 6.45) is 11.2. The van der Waals surface area contributed by atoms with Crippen LogP contribution in [0.2, 0.25) is 0 Å². The molecule has 0 aromatic carbocycles. The van der Waals surface area contributed by atoms with Gasteiger partial charge >= 0.3 is 0 Å². The molecule has 17 heavy (non-hydrogen) atoms. The summed E-state index contributed by atoms with van der Waals surface area (Å²) in [4.78, 5) is 12.3. The molecule has 0 aliphatic heterocycles. The number of rotatable bonds is 6. The minimum absolute atomic E-state index is 0.265. The summed E-state index contributed by atoms with van der Waals surface area (Å²) >= 11 is 0. The number of carbonyl (C=O) groups excluding carboxylic acids is 1. The van der Waals surface area contributed by atoms with E-state index in [1.807, 2.05) is 6.92 Å². The molecule has 2 nitrogen and oxygen atoms in total. The molecule has 0 saturated heterocycles. The third-order valence-corrected chi connectivity index (χ3v) is 3.74. The van der Waals surface area contributed by atoms with Gasteiger partial charge in [0.1, 0.15) is 5.60 Å². The van der Waals surface area contributed by atoms with Gasteiger partial charge in [0.05, 0.1) is 0 Å². The van der Waals surface area contributed by atoms with Gasteiger partial charge < -0.3 is 4.74 Å². The maximum atomic E-state index is 12.3. The Morgan fingerprint density at radius 3 is 2.65 bits per heavy atom. The Bertz CT molecular complexity index is 280. The predicted molar refractivity (Wildman–Crippen MR) is 69.7 cm³/mol. The first-order valence-corrected chi connectivity index (χ1v) is 6.75. The zero-order valence-electron chi connectivity index (χ0n) is 11.1. The van der Waals surface area contributed by atoms with Crippen LogP contribution in [0.4, 0.5) is 0 Å². The van der Waals surface area contributed by atoms with Crippen LogP contribution in [-0.2, 0) is 9.53 Å². The Kier molecular flexibility index (Phi) is 5.71. The van der Waals surface area contributed by atoms with Gasteiger partial charge in [-0.3, -0.25) is 4.79 Å². The van der Waals surface area contributed by atoms with Crippen molar-refractivity contribution in [1.82, 2.24) is 0 Å². The van der Waals surface area contributed by atoms with Gasteiger partial charge in [0.25, 0.3) is 0 Å². The number of terminal acetylenes is 1. The lowest BCUT2D eigenvalue weighted by molar-refractivity contribution is -0.150. The molecule has 0 unspecified atom stereocenters. The molecular weight excluding hydrogens is 212 g/mol. The van der Waals surface area contributed by atoms with Crippen LogP contribution in [0.3, 0.4) is 0 Å². The van der Waals surface area contributed by atoms with Crippen LogP contribution >= 0.6 is 0 Å². The quantitative estimate of drug-likeness (QED) is 0.522. The molecule has 0 amide bonds. The molecule has 0 spiro atoms. The summed E-state index contributed by atoms with van der Waals surface area (Å²) in [6, 6.07) is 0. The van der Waals surface area contributed by atoms with Crippen molar-refractivity contribution in [2.45, 2.75) is 64.4 Å². The van der Waals surface area contributed by atoms with Crippen molar-refractivity contribution in [3.05, 3.63) is 0 Å². The highest BCUT2D eigenvalue weighted by Gasteiger charge is 2.40. The van der Waals surface area contributed by atoms with E-state index in [2.05, 4.69) is 12.8 Å². The normalized spacial score (nSPS) is 28.6. The molecule has 0 aromatic rings. The Morgan fingerprint density at radius 1 is 1.47 bits per heavy atom. The predicted octanol–water partition coefficient (Wildman–Crippen LogP) is 3.34. The third kappa shape index (κ3) is 3.85. The minimum Gasteiger partial charge on any atom is -0.368 e. The molecule has 0 heterocycles. The summed E-state index contributed by atoms with van der Waals surface area (Å²) in [5, 5.41) is 0. The number of unbranched alkanes of at least 4 members (excludes halogenated alkanes) is 1. The average Bonchev–Trinajstić information content (AvgIpc) is 2.33. The van der Waals surface area contributed by atoms with Gasteiger partial charge in [0.2, 0.25) is 0 Å². The molecule has 1 rings (SSSR count). The minimum atomic E-state index is -0.490. The first kappa shape index (κ1) is 14.3. The van der Waals surface area contributed by atoms with Gasteiger partial charge in [0.15, 0.2) is 5.78 Å². The fourth-order valence-corrected chi connectivity index (χ4v) is 2.59. The Balaban J connectivity index is 2.58. The number of carbonyl (C=O) groups is 1. The van der Waals surface area contributed by atoms with Crippen LogP contribution in [0.25, 0.3) is 0 Å². The lowest BCUT2D eigenvalue weighted by Gasteiger charge is -2.37. The highest BCUT2D eigenvalue weighted by molar-refractivity contribution is 5.87. The van der Waals surface area contributed by atoms with Crippen LogP contribution in [0, 0.1) is 18.3 Å². The second kappa shape index (κ2) is 6.81. The van der Waals surface area contributed by atoms with E-state index in [-0.39, 0.29) is 5.78 Å². The highest BCUT2D eigenvalue weighted by atomic mass is 16.5. The highest BCUT2D eigenvalue weighted by Crippen LogP contribution is 2.36. The van der Waals surface area contributed by atoms with E-state index in [0.717, 1.165) is 38.0 Å². The molecule has 1 aliphatic carbocycles. The molecule has 0 bridgehead atoms. The fraction of sp³-hybridized carbons (Fsp3) is 0.800. The van der Waals surface area contributed by atoms with Crippen LogP contribution in [0.5, 0.6) is 0 Å². The van der Waals surface area contributed by atoms with Crippen LogP contribution < -0.4 is 0 Å². The molecule has 1 saturated carbocycles. The molecule has 1 fully saturated rings. The zero-order chi connectivity index (χ0) is 12.7. The number of ether oxygens (including phenoxy) is 1. The topological polar surface area (TPSA) is 26.3 Å². The number of hydrogen-bond acceptors (Lipinski definition) is 2. The first-order chi connectivity index (χ1) is 8.14. The summed E-state index contributed by atoms with van der Waals surface area (Å²) in [5.74, 6) is 3.57. The third-order valence-electron chi connectivity index (χ3n) is 3.74. The van der Waals surface area contributed by atoms with Crippen molar-refractivity contribution in [2.75, 3.05) is 6.61 Å². The van der Waals surface area contributed by atoms with E-state index in [9.17, 15) is 4.79 Å². The first-order valence-electron chi connectivity index (χ1n) is 6.75. The largest absolute Gasteiger partial charge is 0.368 e. The molecule has 2 heteroatoms. The monoisotopic (exact) mass is 236 g/mol. The molecular formula is C15H24O2. The lowest BCUT2D eigenvalue weighted by atomic mass is 9.76. The van der Waals surface area contributed by atoms with Gasteiger partial charge in [-0.2, -0.15) is 0 Å². The number of hydrogen-bond donors (Lipinski definition) is 0. The van der Waals surface area contributed by atoms with Gasteiger partial charge in [-0.05, 0) is 44.9 Å². The molecule has 96 valence electrons. The van der Waals surface area contributed by atoms with Crippen LogP contribution in [0.1, 0.15) is 58.8 Å². The van der Waals surface area contributed by atoms with Crippen molar-refractivity contribution >= 4 is 5.78 Å². The molecule has 0 aromatic heterocycles.